The molecule has 1 amide bonds. The number of terminal acetylenes is 1. The Kier molecular flexibility index (Phi) is 7.36. The van der Waals surface area contributed by atoms with Gasteiger partial charge in [-0.15, -0.1) is 6.42 Å². The quantitative estimate of drug-likeness (QED) is 0.719. The van der Waals surface area contributed by atoms with Gasteiger partial charge in [0.05, 0.1) is 19.8 Å². The molecule has 0 aliphatic rings. The molecule has 0 aliphatic carbocycles. The maximum absolute atomic E-state index is 12.3. The molecule has 0 aliphatic heterocycles. The summed E-state index contributed by atoms with van der Waals surface area (Å²) in [6.45, 7) is 5.05. The molecule has 0 radical (unpaired) electrons. The SMILES string of the molecule is C#CCNC(=O)c1c(NC)nc(C#Cc2ccc(OCC)c(OCC)c2)n1C. The predicted octanol–water partition coefficient (Wildman–Crippen LogP) is 2.02. The number of benzene rings is 1. The monoisotopic (exact) mass is 380 g/mol. The van der Waals surface area contributed by atoms with Crippen molar-refractivity contribution in [2.45, 2.75) is 13.8 Å². The Balaban J connectivity index is 2.36. The molecule has 0 fully saturated rings. The van der Waals surface area contributed by atoms with Crippen LogP contribution in [0.15, 0.2) is 18.2 Å². The smallest absolute Gasteiger partial charge is 0.272 e. The summed E-state index contributed by atoms with van der Waals surface area (Å²) in [5.74, 6) is 10.3. The van der Waals surface area contributed by atoms with E-state index < -0.39 is 0 Å². The molecule has 146 valence electrons. The summed E-state index contributed by atoms with van der Waals surface area (Å²) in [6.07, 6.45) is 5.20. The Hall–Kier alpha value is -3.58. The second-order valence-corrected chi connectivity index (χ2v) is 5.61. The van der Waals surface area contributed by atoms with Gasteiger partial charge in [0.1, 0.15) is 0 Å². The van der Waals surface area contributed by atoms with Gasteiger partial charge < -0.3 is 24.7 Å². The highest BCUT2D eigenvalue weighted by Crippen LogP contribution is 2.28. The predicted molar refractivity (Wildman–Crippen MR) is 109 cm³/mol. The molecule has 1 heterocycles. The molecule has 2 rings (SSSR count). The molecule has 7 heteroatoms. The molecule has 1 aromatic heterocycles. The summed E-state index contributed by atoms with van der Waals surface area (Å²) < 4.78 is 12.8. The van der Waals surface area contributed by atoms with Crippen LogP contribution in [0.25, 0.3) is 0 Å². The number of hydrogen-bond donors (Lipinski definition) is 2. The first-order valence-electron chi connectivity index (χ1n) is 8.93. The zero-order valence-corrected chi connectivity index (χ0v) is 16.5. The van der Waals surface area contributed by atoms with Crippen molar-refractivity contribution in [1.29, 1.82) is 0 Å². The van der Waals surface area contributed by atoms with Gasteiger partial charge in [-0.2, -0.15) is 0 Å². The number of hydrogen-bond acceptors (Lipinski definition) is 5. The molecule has 0 spiro atoms. The van der Waals surface area contributed by atoms with Crippen molar-refractivity contribution in [3.63, 3.8) is 0 Å². The van der Waals surface area contributed by atoms with E-state index in [-0.39, 0.29) is 12.5 Å². The third-order valence-corrected chi connectivity index (χ3v) is 3.76. The molecule has 28 heavy (non-hydrogen) atoms. The van der Waals surface area contributed by atoms with Gasteiger partial charge >= 0.3 is 0 Å². The van der Waals surface area contributed by atoms with E-state index in [1.165, 1.54) is 0 Å². The van der Waals surface area contributed by atoms with Gasteiger partial charge in [-0.1, -0.05) is 11.8 Å². The van der Waals surface area contributed by atoms with Gasteiger partial charge in [-0.3, -0.25) is 4.79 Å². The van der Waals surface area contributed by atoms with Gasteiger partial charge in [-0.25, -0.2) is 4.98 Å². The Bertz CT molecular complexity index is 945. The van der Waals surface area contributed by atoms with Crippen molar-refractivity contribution < 1.29 is 14.3 Å². The van der Waals surface area contributed by atoms with Crippen LogP contribution in [0.3, 0.4) is 0 Å². The molecule has 7 nitrogen and oxygen atoms in total. The van der Waals surface area contributed by atoms with Crippen molar-refractivity contribution in [2.75, 3.05) is 32.1 Å². The number of amides is 1. The summed E-state index contributed by atoms with van der Waals surface area (Å²) in [4.78, 5) is 16.7. The van der Waals surface area contributed by atoms with E-state index >= 15 is 0 Å². The van der Waals surface area contributed by atoms with E-state index in [1.54, 1.807) is 18.7 Å². The fraction of sp³-hybridized carbons (Fsp3) is 0.333. The number of nitrogens with one attached hydrogen (secondary N) is 2. The highest BCUT2D eigenvalue weighted by atomic mass is 16.5. The zero-order chi connectivity index (χ0) is 20.5. The molecule has 0 bridgehead atoms. The highest BCUT2D eigenvalue weighted by Gasteiger charge is 2.19. The van der Waals surface area contributed by atoms with Crippen molar-refractivity contribution in [3.05, 3.63) is 35.3 Å². The second kappa shape index (κ2) is 9.94. The summed E-state index contributed by atoms with van der Waals surface area (Å²) in [6, 6.07) is 5.50. The van der Waals surface area contributed by atoms with Crippen LogP contribution in [0.1, 0.15) is 35.7 Å². The topological polar surface area (TPSA) is 77.4 Å². The normalized spacial score (nSPS) is 9.68. The molecule has 1 aromatic carbocycles. The van der Waals surface area contributed by atoms with Gasteiger partial charge in [0.15, 0.2) is 28.8 Å². The number of anilines is 1. The zero-order valence-electron chi connectivity index (χ0n) is 16.5. The van der Waals surface area contributed by atoms with Crippen LogP contribution in [0.2, 0.25) is 0 Å². The lowest BCUT2D eigenvalue weighted by atomic mass is 10.2. The molecule has 0 saturated carbocycles. The van der Waals surface area contributed by atoms with Crippen molar-refractivity contribution in [3.8, 4) is 35.7 Å². The number of ether oxygens (including phenoxy) is 2. The highest BCUT2D eigenvalue weighted by molar-refractivity contribution is 5.97. The Morgan fingerprint density at radius 2 is 1.93 bits per heavy atom. The molecular formula is C21H24N4O3. The minimum absolute atomic E-state index is 0.139. The number of carbonyl (C=O) groups excluding carboxylic acids is 1. The average Bonchev–Trinajstić information content (AvgIpc) is 3.02. The molecule has 2 aromatic rings. The van der Waals surface area contributed by atoms with Crippen LogP contribution < -0.4 is 20.1 Å². The lowest BCUT2D eigenvalue weighted by molar-refractivity contribution is 0.0951. The van der Waals surface area contributed by atoms with Crippen LogP contribution in [-0.2, 0) is 7.05 Å². The first kappa shape index (κ1) is 20.7. The molecule has 2 N–H and O–H groups in total. The summed E-state index contributed by atoms with van der Waals surface area (Å²) in [5.41, 5.74) is 1.11. The average molecular weight is 380 g/mol. The van der Waals surface area contributed by atoms with Crippen molar-refractivity contribution in [1.82, 2.24) is 14.9 Å². The number of aromatic nitrogens is 2. The lowest BCUT2D eigenvalue weighted by Crippen LogP contribution is -2.26. The molecule has 0 saturated heterocycles. The summed E-state index contributed by atoms with van der Waals surface area (Å²) in [7, 11) is 3.42. The lowest BCUT2D eigenvalue weighted by Gasteiger charge is -2.10. The van der Waals surface area contributed by atoms with E-state index in [4.69, 9.17) is 15.9 Å². The minimum atomic E-state index is -0.315. The minimum Gasteiger partial charge on any atom is -0.490 e. The van der Waals surface area contributed by atoms with Gasteiger partial charge in [-0.05, 0) is 38.0 Å². The van der Waals surface area contributed by atoms with Crippen LogP contribution in [0, 0.1) is 24.2 Å². The third kappa shape index (κ3) is 4.77. The number of carbonyl (C=O) groups is 1. The van der Waals surface area contributed by atoms with E-state index in [0.29, 0.717) is 42.0 Å². The van der Waals surface area contributed by atoms with E-state index in [1.807, 2.05) is 32.0 Å². The Labute approximate surface area is 165 Å². The fourth-order valence-electron chi connectivity index (χ4n) is 2.52. The van der Waals surface area contributed by atoms with Gasteiger partial charge in [0.25, 0.3) is 5.91 Å². The summed E-state index contributed by atoms with van der Waals surface area (Å²) >= 11 is 0. The first-order valence-corrected chi connectivity index (χ1v) is 8.93. The fourth-order valence-corrected chi connectivity index (χ4v) is 2.52. The number of rotatable bonds is 7. The van der Waals surface area contributed by atoms with Crippen molar-refractivity contribution in [2.24, 2.45) is 7.05 Å². The molecule has 0 atom stereocenters. The standard InChI is InChI=1S/C21H24N4O3/c1-6-13-23-21(26)19-20(22-4)24-18(25(19)5)12-10-15-9-11-16(27-7-2)17(14-15)28-8-3/h1,9,11,14,22H,7-8,13H2,2-5H3,(H,23,26). The van der Waals surface area contributed by atoms with E-state index in [9.17, 15) is 4.79 Å². The maximum Gasteiger partial charge on any atom is 0.272 e. The third-order valence-electron chi connectivity index (χ3n) is 3.76. The van der Waals surface area contributed by atoms with Crippen LogP contribution in [0.4, 0.5) is 5.82 Å². The van der Waals surface area contributed by atoms with Crippen LogP contribution in [-0.4, -0.2) is 42.3 Å². The molecule has 0 unspecified atom stereocenters. The van der Waals surface area contributed by atoms with Crippen LogP contribution in [0.5, 0.6) is 11.5 Å². The largest absolute Gasteiger partial charge is 0.490 e. The van der Waals surface area contributed by atoms with Crippen molar-refractivity contribution >= 4 is 11.7 Å². The Morgan fingerprint density at radius 1 is 1.21 bits per heavy atom. The summed E-state index contributed by atoms with van der Waals surface area (Å²) in [5, 5.41) is 5.55. The maximum atomic E-state index is 12.3. The van der Waals surface area contributed by atoms with Gasteiger partial charge in [0.2, 0.25) is 0 Å². The van der Waals surface area contributed by atoms with Gasteiger partial charge in [0, 0.05) is 19.7 Å². The molecular weight excluding hydrogens is 356 g/mol. The second-order valence-electron chi connectivity index (χ2n) is 5.61. The first-order chi connectivity index (χ1) is 13.5. The van der Waals surface area contributed by atoms with Crippen LogP contribution >= 0.6 is 0 Å². The number of imidazole rings is 1. The van der Waals surface area contributed by atoms with E-state index in [0.717, 1.165) is 5.56 Å². The van der Waals surface area contributed by atoms with E-state index in [2.05, 4.69) is 33.4 Å². The number of nitrogens with zero attached hydrogens (tertiary/aromatic N) is 2. The Morgan fingerprint density at radius 3 is 2.57 bits per heavy atom.